The van der Waals surface area contributed by atoms with E-state index in [2.05, 4.69) is 15.9 Å². The fraction of sp³-hybridized carbons (Fsp3) is 0.250. The average molecular weight is 336 g/mol. The number of rotatable bonds is 5. The van der Waals surface area contributed by atoms with Gasteiger partial charge in [-0.1, -0.05) is 46.3 Å². The standard InChI is InChI=1S/C16H18BrNO2/c1-18(10-13-4-2-3-5-15(13)19)11-16(20)12-6-8-14(17)9-7-12/h2-9,16,19-20H,10-11H2,1H3. The van der Waals surface area contributed by atoms with Crippen LogP contribution in [0.3, 0.4) is 0 Å². The maximum atomic E-state index is 10.2. The van der Waals surface area contributed by atoms with Gasteiger partial charge in [0.05, 0.1) is 6.10 Å². The van der Waals surface area contributed by atoms with Gasteiger partial charge in [0.1, 0.15) is 5.75 Å². The van der Waals surface area contributed by atoms with Gasteiger partial charge in [0, 0.05) is 23.1 Å². The Bertz CT molecular complexity index is 557. The highest BCUT2D eigenvalue weighted by molar-refractivity contribution is 9.10. The van der Waals surface area contributed by atoms with Gasteiger partial charge in [0.25, 0.3) is 0 Å². The number of hydrogen-bond acceptors (Lipinski definition) is 3. The summed E-state index contributed by atoms with van der Waals surface area (Å²) in [5.74, 6) is 0.289. The number of halogens is 1. The van der Waals surface area contributed by atoms with Crippen LogP contribution in [0.5, 0.6) is 5.75 Å². The van der Waals surface area contributed by atoms with Crippen molar-refractivity contribution in [2.24, 2.45) is 0 Å². The Morgan fingerprint density at radius 2 is 1.75 bits per heavy atom. The molecule has 20 heavy (non-hydrogen) atoms. The highest BCUT2D eigenvalue weighted by Gasteiger charge is 2.12. The third-order valence-corrected chi connectivity index (χ3v) is 3.70. The number of likely N-dealkylation sites (N-methyl/N-ethyl adjacent to an activating group) is 1. The number of aliphatic hydroxyl groups excluding tert-OH is 1. The molecule has 0 aliphatic heterocycles. The number of aliphatic hydroxyl groups is 1. The van der Waals surface area contributed by atoms with Crippen molar-refractivity contribution >= 4 is 15.9 Å². The molecule has 2 aromatic carbocycles. The van der Waals surface area contributed by atoms with Crippen molar-refractivity contribution in [3.63, 3.8) is 0 Å². The van der Waals surface area contributed by atoms with E-state index < -0.39 is 6.10 Å². The molecular weight excluding hydrogens is 318 g/mol. The van der Waals surface area contributed by atoms with Gasteiger partial charge in [-0.25, -0.2) is 0 Å². The molecule has 0 saturated heterocycles. The summed E-state index contributed by atoms with van der Waals surface area (Å²) >= 11 is 3.38. The van der Waals surface area contributed by atoms with Gasteiger partial charge in [0.15, 0.2) is 0 Å². The Morgan fingerprint density at radius 3 is 2.40 bits per heavy atom. The van der Waals surface area contributed by atoms with Gasteiger partial charge in [-0.3, -0.25) is 4.90 Å². The molecule has 1 unspecified atom stereocenters. The Morgan fingerprint density at radius 1 is 1.10 bits per heavy atom. The van der Waals surface area contributed by atoms with E-state index in [0.29, 0.717) is 13.1 Å². The van der Waals surface area contributed by atoms with Crippen molar-refractivity contribution in [1.29, 1.82) is 0 Å². The van der Waals surface area contributed by atoms with E-state index in [4.69, 9.17) is 0 Å². The van der Waals surface area contributed by atoms with Crippen LogP contribution in [0.1, 0.15) is 17.2 Å². The lowest BCUT2D eigenvalue weighted by atomic mass is 10.1. The van der Waals surface area contributed by atoms with Gasteiger partial charge < -0.3 is 10.2 Å². The summed E-state index contributed by atoms with van der Waals surface area (Å²) in [5, 5.41) is 20.0. The first-order valence-electron chi connectivity index (χ1n) is 6.45. The van der Waals surface area contributed by atoms with Crippen LogP contribution in [-0.4, -0.2) is 28.7 Å². The predicted octanol–water partition coefficient (Wildman–Crippen LogP) is 3.32. The van der Waals surface area contributed by atoms with Gasteiger partial charge in [-0.15, -0.1) is 0 Å². The number of aromatic hydroxyl groups is 1. The van der Waals surface area contributed by atoms with Gasteiger partial charge >= 0.3 is 0 Å². The van der Waals surface area contributed by atoms with Crippen molar-refractivity contribution in [3.05, 3.63) is 64.1 Å². The van der Waals surface area contributed by atoms with E-state index in [1.807, 2.05) is 48.3 Å². The molecule has 0 aliphatic rings. The number of phenolic OH excluding ortho intramolecular Hbond substituents is 1. The molecule has 0 aromatic heterocycles. The second kappa shape index (κ2) is 6.88. The minimum atomic E-state index is -0.543. The van der Waals surface area contributed by atoms with Gasteiger partial charge in [0.2, 0.25) is 0 Å². The molecule has 0 heterocycles. The Kier molecular flexibility index (Phi) is 5.17. The first kappa shape index (κ1) is 15.0. The smallest absolute Gasteiger partial charge is 0.120 e. The summed E-state index contributed by atoms with van der Waals surface area (Å²) in [7, 11) is 1.93. The van der Waals surface area contributed by atoms with Crippen LogP contribution in [0.2, 0.25) is 0 Å². The third-order valence-electron chi connectivity index (χ3n) is 3.17. The average Bonchev–Trinajstić information content (AvgIpc) is 2.42. The second-order valence-corrected chi connectivity index (χ2v) is 5.81. The summed E-state index contributed by atoms with van der Waals surface area (Å²) in [5.41, 5.74) is 1.75. The molecule has 106 valence electrons. The SMILES string of the molecule is CN(Cc1ccccc1O)CC(O)c1ccc(Br)cc1. The van der Waals surface area contributed by atoms with Gasteiger partial charge in [-0.05, 0) is 30.8 Å². The van der Waals surface area contributed by atoms with Crippen LogP contribution < -0.4 is 0 Å². The molecule has 2 rings (SSSR count). The van der Waals surface area contributed by atoms with E-state index in [1.54, 1.807) is 12.1 Å². The molecule has 0 fully saturated rings. The van der Waals surface area contributed by atoms with Crippen LogP contribution >= 0.6 is 15.9 Å². The first-order chi connectivity index (χ1) is 9.56. The van der Waals surface area contributed by atoms with E-state index in [9.17, 15) is 10.2 Å². The summed E-state index contributed by atoms with van der Waals surface area (Å²) in [6.07, 6.45) is -0.543. The van der Waals surface area contributed by atoms with E-state index >= 15 is 0 Å². The molecule has 4 heteroatoms. The molecule has 2 aromatic rings. The minimum Gasteiger partial charge on any atom is -0.508 e. The highest BCUT2D eigenvalue weighted by atomic mass is 79.9. The lowest BCUT2D eigenvalue weighted by molar-refractivity contribution is 0.123. The fourth-order valence-corrected chi connectivity index (χ4v) is 2.35. The molecule has 0 spiro atoms. The largest absolute Gasteiger partial charge is 0.508 e. The maximum absolute atomic E-state index is 10.2. The van der Waals surface area contributed by atoms with E-state index in [1.165, 1.54) is 0 Å². The number of phenols is 1. The quantitative estimate of drug-likeness (QED) is 0.880. The molecule has 0 bridgehead atoms. The van der Waals surface area contributed by atoms with Crippen molar-refractivity contribution in [2.75, 3.05) is 13.6 Å². The van der Waals surface area contributed by atoms with Crippen molar-refractivity contribution < 1.29 is 10.2 Å². The molecule has 0 amide bonds. The molecule has 0 aliphatic carbocycles. The summed E-state index contributed by atoms with van der Waals surface area (Å²) in [6, 6.07) is 14.9. The monoisotopic (exact) mass is 335 g/mol. The summed E-state index contributed by atoms with van der Waals surface area (Å²) in [4.78, 5) is 1.99. The first-order valence-corrected chi connectivity index (χ1v) is 7.24. The Labute approximate surface area is 127 Å². The van der Waals surface area contributed by atoms with Crippen molar-refractivity contribution in [3.8, 4) is 5.75 Å². The molecule has 3 nitrogen and oxygen atoms in total. The maximum Gasteiger partial charge on any atom is 0.120 e. The lowest BCUT2D eigenvalue weighted by Crippen LogP contribution is -2.24. The molecular formula is C16H18BrNO2. The minimum absolute atomic E-state index is 0.289. The lowest BCUT2D eigenvalue weighted by Gasteiger charge is -2.21. The van der Waals surface area contributed by atoms with Crippen molar-refractivity contribution in [1.82, 2.24) is 4.90 Å². The Hall–Kier alpha value is -1.36. The Balaban J connectivity index is 1.96. The van der Waals surface area contributed by atoms with Crippen LogP contribution in [0.15, 0.2) is 53.0 Å². The number of benzene rings is 2. The highest BCUT2D eigenvalue weighted by Crippen LogP contribution is 2.20. The van der Waals surface area contributed by atoms with Crippen molar-refractivity contribution in [2.45, 2.75) is 12.6 Å². The van der Waals surface area contributed by atoms with E-state index in [0.717, 1.165) is 15.6 Å². The normalized spacial score (nSPS) is 12.6. The van der Waals surface area contributed by atoms with Crippen LogP contribution in [0.25, 0.3) is 0 Å². The molecule has 0 radical (unpaired) electrons. The zero-order valence-electron chi connectivity index (χ0n) is 11.3. The summed E-state index contributed by atoms with van der Waals surface area (Å²) < 4.78 is 0.996. The predicted molar refractivity (Wildman–Crippen MR) is 83.5 cm³/mol. The van der Waals surface area contributed by atoms with Crippen LogP contribution in [-0.2, 0) is 6.54 Å². The second-order valence-electron chi connectivity index (χ2n) is 4.89. The van der Waals surface area contributed by atoms with Crippen LogP contribution in [0, 0.1) is 0 Å². The molecule has 2 N–H and O–H groups in total. The van der Waals surface area contributed by atoms with Gasteiger partial charge in [-0.2, -0.15) is 0 Å². The number of para-hydroxylation sites is 1. The topological polar surface area (TPSA) is 43.7 Å². The molecule has 0 saturated carbocycles. The fourth-order valence-electron chi connectivity index (χ4n) is 2.09. The zero-order valence-corrected chi connectivity index (χ0v) is 12.9. The summed E-state index contributed by atoms with van der Waals surface area (Å²) in [6.45, 7) is 1.11. The number of nitrogens with zero attached hydrogens (tertiary/aromatic N) is 1. The van der Waals surface area contributed by atoms with Crippen LogP contribution in [0.4, 0.5) is 0 Å². The molecule has 1 atom stereocenters. The number of hydrogen-bond donors (Lipinski definition) is 2. The third kappa shape index (κ3) is 4.07. The van der Waals surface area contributed by atoms with E-state index in [-0.39, 0.29) is 5.75 Å². The zero-order chi connectivity index (χ0) is 14.5.